The Morgan fingerprint density at radius 1 is 1.13 bits per heavy atom. The quantitative estimate of drug-likeness (QED) is 0.620. The minimum atomic E-state index is -1.09. The van der Waals surface area contributed by atoms with E-state index in [2.05, 4.69) is 13.0 Å². The molecule has 0 aromatic rings. The predicted octanol–water partition coefficient (Wildman–Crippen LogP) is 2.07. The van der Waals surface area contributed by atoms with E-state index in [0.717, 1.165) is 12.8 Å². The summed E-state index contributed by atoms with van der Waals surface area (Å²) < 4.78 is 5.63. The Hall–Kier alpha value is -1.53. The van der Waals surface area contributed by atoms with E-state index in [9.17, 15) is 24.6 Å². The molecular weight excluding hydrogens is 396 g/mol. The van der Waals surface area contributed by atoms with Gasteiger partial charge in [-0.15, -0.1) is 0 Å². The zero-order chi connectivity index (χ0) is 22.4. The van der Waals surface area contributed by atoms with Gasteiger partial charge in [-0.1, -0.05) is 33.8 Å². The highest BCUT2D eigenvalue weighted by atomic mass is 16.5. The summed E-state index contributed by atoms with van der Waals surface area (Å²) in [5, 5.41) is 22.1. The van der Waals surface area contributed by atoms with Crippen LogP contribution in [0.25, 0.3) is 0 Å². The normalized spacial score (nSPS) is 58.1. The van der Waals surface area contributed by atoms with Crippen LogP contribution in [0, 0.1) is 50.2 Å². The van der Waals surface area contributed by atoms with E-state index in [1.165, 1.54) is 0 Å². The largest absolute Gasteiger partial charge is 0.465 e. The second kappa shape index (κ2) is 5.17. The number of carbonyl (C=O) groups is 3. The molecule has 0 radical (unpaired) electrons. The van der Waals surface area contributed by atoms with Crippen molar-refractivity contribution < 1.29 is 29.3 Å². The van der Waals surface area contributed by atoms with Gasteiger partial charge in [0.25, 0.3) is 0 Å². The number of rotatable bonds is 1. The molecular formula is C25H32O6. The molecule has 4 bridgehead atoms. The zero-order valence-electron chi connectivity index (χ0n) is 18.7. The molecule has 0 unspecified atom stereocenters. The highest BCUT2D eigenvalue weighted by Crippen LogP contribution is 2.87. The van der Waals surface area contributed by atoms with E-state index < -0.39 is 39.7 Å². The van der Waals surface area contributed by atoms with Crippen LogP contribution in [-0.4, -0.2) is 47.1 Å². The molecule has 2 N–H and O–H groups in total. The first-order valence-corrected chi connectivity index (χ1v) is 11.6. The van der Waals surface area contributed by atoms with E-state index in [4.69, 9.17) is 4.74 Å². The molecule has 1 saturated heterocycles. The Morgan fingerprint density at radius 2 is 1.84 bits per heavy atom. The van der Waals surface area contributed by atoms with E-state index in [1.54, 1.807) is 13.0 Å². The maximum absolute atomic E-state index is 14.0. The van der Waals surface area contributed by atoms with Crippen molar-refractivity contribution in [2.75, 3.05) is 13.2 Å². The number of hydrogen-bond acceptors (Lipinski definition) is 6. The summed E-state index contributed by atoms with van der Waals surface area (Å²) in [5.74, 6) is -1.000. The number of allylic oxidation sites excluding steroid dienone is 2. The average molecular weight is 429 g/mol. The lowest BCUT2D eigenvalue weighted by Gasteiger charge is -2.70. The molecule has 6 fully saturated rings. The van der Waals surface area contributed by atoms with Gasteiger partial charge in [0.1, 0.15) is 0 Å². The first-order valence-electron chi connectivity index (χ1n) is 11.6. The molecule has 6 aliphatic carbocycles. The van der Waals surface area contributed by atoms with E-state index >= 15 is 0 Å². The van der Waals surface area contributed by atoms with Gasteiger partial charge in [-0.05, 0) is 54.4 Å². The summed E-state index contributed by atoms with van der Waals surface area (Å²) in [6.07, 6.45) is 5.30. The first-order chi connectivity index (χ1) is 14.4. The number of cyclic esters (lactones) is 1. The lowest BCUT2D eigenvalue weighted by molar-refractivity contribution is -0.255. The van der Waals surface area contributed by atoms with Gasteiger partial charge in [0, 0.05) is 10.8 Å². The van der Waals surface area contributed by atoms with Crippen molar-refractivity contribution in [1.29, 1.82) is 0 Å². The molecule has 6 heteroatoms. The van der Waals surface area contributed by atoms with E-state index in [0.29, 0.717) is 12.8 Å². The SMILES string of the molecule is CC1(C)C(=O)C=C[C@@]2(C)[C@H]1CC[C@]13C[C@]4(C)C(=O)[C@](CO)(C[C@@H]21)[C@]31COC(=O)[C@H]1[C@H]4O. The molecule has 1 heterocycles. The van der Waals surface area contributed by atoms with Gasteiger partial charge in [-0.25, -0.2) is 0 Å². The van der Waals surface area contributed by atoms with Crippen LogP contribution in [0.1, 0.15) is 53.4 Å². The van der Waals surface area contributed by atoms with Crippen molar-refractivity contribution in [3.05, 3.63) is 12.2 Å². The summed E-state index contributed by atoms with van der Waals surface area (Å²) in [5.41, 5.74) is -4.25. The van der Waals surface area contributed by atoms with Crippen molar-refractivity contribution in [1.82, 2.24) is 0 Å². The fourth-order valence-corrected chi connectivity index (χ4v) is 10.4. The highest BCUT2D eigenvalue weighted by molar-refractivity contribution is 5.99. The van der Waals surface area contributed by atoms with Crippen LogP contribution in [0.2, 0.25) is 0 Å². The third-order valence-corrected chi connectivity index (χ3v) is 11.5. The van der Waals surface area contributed by atoms with Gasteiger partial charge in [-0.2, -0.15) is 0 Å². The molecule has 168 valence electrons. The number of ketones is 2. The lowest BCUT2D eigenvalue weighted by Crippen LogP contribution is -2.76. The van der Waals surface area contributed by atoms with Crippen molar-refractivity contribution >= 4 is 17.5 Å². The molecule has 7 aliphatic rings. The van der Waals surface area contributed by atoms with Crippen molar-refractivity contribution in [2.24, 2.45) is 50.2 Å². The summed E-state index contributed by atoms with van der Waals surface area (Å²) in [6, 6.07) is 0. The van der Waals surface area contributed by atoms with Crippen LogP contribution in [0.5, 0.6) is 0 Å². The average Bonchev–Trinajstić information content (AvgIpc) is 3.17. The molecule has 31 heavy (non-hydrogen) atoms. The molecule has 6 nitrogen and oxygen atoms in total. The Bertz CT molecular complexity index is 982. The number of ether oxygens (including phenoxy) is 1. The van der Waals surface area contributed by atoms with Crippen LogP contribution in [0.4, 0.5) is 0 Å². The predicted molar refractivity (Wildman–Crippen MR) is 109 cm³/mol. The summed E-state index contributed by atoms with van der Waals surface area (Å²) in [7, 11) is 0. The third-order valence-electron chi connectivity index (χ3n) is 11.5. The minimum Gasteiger partial charge on any atom is -0.465 e. The molecule has 5 saturated carbocycles. The number of esters is 1. The van der Waals surface area contributed by atoms with Crippen molar-refractivity contribution in [3.63, 3.8) is 0 Å². The van der Waals surface area contributed by atoms with Crippen LogP contribution >= 0.6 is 0 Å². The van der Waals surface area contributed by atoms with Gasteiger partial charge in [-0.3, -0.25) is 14.4 Å². The number of Topliss-reactive ketones (excluding diaryl/α,β-unsaturated/α-hetero) is 1. The Kier molecular flexibility index (Phi) is 3.35. The van der Waals surface area contributed by atoms with Crippen LogP contribution in [-0.2, 0) is 19.1 Å². The Morgan fingerprint density at radius 3 is 2.52 bits per heavy atom. The fourth-order valence-electron chi connectivity index (χ4n) is 10.4. The smallest absolute Gasteiger partial charge is 0.312 e. The maximum Gasteiger partial charge on any atom is 0.312 e. The van der Waals surface area contributed by atoms with Crippen molar-refractivity contribution in [3.8, 4) is 0 Å². The molecule has 1 aliphatic heterocycles. The zero-order valence-corrected chi connectivity index (χ0v) is 18.7. The van der Waals surface area contributed by atoms with Gasteiger partial charge < -0.3 is 14.9 Å². The van der Waals surface area contributed by atoms with E-state index in [-0.39, 0.29) is 47.4 Å². The lowest BCUT2D eigenvalue weighted by atomic mass is 9.31. The van der Waals surface area contributed by atoms with Crippen LogP contribution in [0.15, 0.2) is 12.2 Å². The second-order valence-electron chi connectivity index (χ2n) is 12.5. The molecule has 0 aromatic heterocycles. The van der Waals surface area contributed by atoms with Crippen molar-refractivity contribution in [2.45, 2.75) is 59.5 Å². The minimum absolute atomic E-state index is 0.0322. The van der Waals surface area contributed by atoms with Gasteiger partial charge in [0.2, 0.25) is 0 Å². The third kappa shape index (κ3) is 1.63. The maximum atomic E-state index is 14.0. The highest BCUT2D eigenvalue weighted by Gasteiger charge is 2.91. The molecule has 9 atom stereocenters. The molecule has 0 amide bonds. The molecule has 2 spiro atoms. The summed E-state index contributed by atoms with van der Waals surface area (Å²) in [4.78, 5) is 39.7. The monoisotopic (exact) mass is 428 g/mol. The number of carbonyl (C=O) groups excluding carboxylic acids is 3. The number of hydrogen-bond donors (Lipinski definition) is 2. The number of fused-ring (bicyclic) bond motifs is 2. The van der Waals surface area contributed by atoms with Gasteiger partial charge in [0.15, 0.2) is 11.6 Å². The molecule has 7 rings (SSSR count). The van der Waals surface area contributed by atoms with Gasteiger partial charge >= 0.3 is 5.97 Å². The standard InChI is InChI=1S/C25H32O6/c1-20(2)13-5-8-23-10-22(4)17(28)16-18(29)31-12-25(16,23)24(11-26,19(22)30)9-14(23)21(13,3)7-6-15(20)27/h6-7,13-14,16-17,26,28H,5,8-12H2,1-4H3/t13-,14-,16+,17+,21-,22-,23-,24+,25-/m0/s1. The van der Waals surface area contributed by atoms with E-state index in [1.807, 2.05) is 13.8 Å². The summed E-state index contributed by atoms with van der Waals surface area (Å²) >= 11 is 0. The topological polar surface area (TPSA) is 101 Å². The summed E-state index contributed by atoms with van der Waals surface area (Å²) in [6.45, 7) is 7.82. The fraction of sp³-hybridized carbons (Fsp3) is 0.800. The van der Waals surface area contributed by atoms with Crippen LogP contribution < -0.4 is 0 Å². The Balaban J connectivity index is 1.64. The number of aliphatic hydroxyl groups is 2. The second-order valence-corrected chi connectivity index (χ2v) is 12.5. The molecule has 0 aromatic carbocycles. The first kappa shape index (κ1) is 20.1. The number of aliphatic hydroxyl groups excluding tert-OH is 2. The van der Waals surface area contributed by atoms with Gasteiger partial charge in [0.05, 0.1) is 36.1 Å². The van der Waals surface area contributed by atoms with Crippen LogP contribution in [0.3, 0.4) is 0 Å². The Labute approximate surface area is 182 Å².